The van der Waals surface area contributed by atoms with Gasteiger partial charge in [0.2, 0.25) is 0 Å². The van der Waals surface area contributed by atoms with Crippen molar-refractivity contribution in [1.29, 1.82) is 0 Å². The van der Waals surface area contributed by atoms with Crippen LogP contribution in [0.15, 0.2) is 22.7 Å². The number of unbranched alkanes of at least 4 members (excludes halogenated alkanes) is 1. The van der Waals surface area contributed by atoms with Gasteiger partial charge in [-0.25, -0.2) is 0 Å². The van der Waals surface area contributed by atoms with Crippen LogP contribution in [-0.2, 0) is 0 Å². The third-order valence-electron chi connectivity index (χ3n) is 3.90. The molecule has 0 amide bonds. The van der Waals surface area contributed by atoms with Gasteiger partial charge >= 0.3 is 0 Å². The van der Waals surface area contributed by atoms with Crippen molar-refractivity contribution in [2.75, 3.05) is 26.2 Å². The Morgan fingerprint density at radius 3 is 2.75 bits per heavy atom. The first-order chi connectivity index (χ1) is 9.65. The third-order valence-corrected chi connectivity index (χ3v) is 4.75. The second kappa shape index (κ2) is 8.26. The SMILES string of the molecule is CC1CCN(CCCCOc2ccc(Cl)cc2Br)CC1. The number of halogens is 2. The standard InChI is InChI=1S/C16H23BrClNO/c1-13-6-9-19(10-7-13)8-2-3-11-20-16-5-4-14(18)12-15(16)17/h4-5,12-13H,2-3,6-11H2,1H3. The monoisotopic (exact) mass is 359 g/mol. The summed E-state index contributed by atoms with van der Waals surface area (Å²) in [4.78, 5) is 2.58. The summed E-state index contributed by atoms with van der Waals surface area (Å²) in [6.07, 6.45) is 5.02. The zero-order valence-electron chi connectivity index (χ0n) is 12.1. The Labute approximate surface area is 135 Å². The summed E-state index contributed by atoms with van der Waals surface area (Å²) in [5.74, 6) is 1.79. The summed E-state index contributed by atoms with van der Waals surface area (Å²) in [5.41, 5.74) is 0. The van der Waals surface area contributed by atoms with Gasteiger partial charge in [0.25, 0.3) is 0 Å². The summed E-state index contributed by atoms with van der Waals surface area (Å²) < 4.78 is 6.70. The van der Waals surface area contributed by atoms with E-state index in [4.69, 9.17) is 16.3 Å². The van der Waals surface area contributed by atoms with Gasteiger partial charge in [-0.05, 0) is 85.4 Å². The molecule has 0 radical (unpaired) electrons. The van der Waals surface area contributed by atoms with Crippen LogP contribution in [0.2, 0.25) is 5.02 Å². The van der Waals surface area contributed by atoms with Gasteiger partial charge in [-0.2, -0.15) is 0 Å². The van der Waals surface area contributed by atoms with Crippen molar-refractivity contribution in [3.8, 4) is 5.75 Å². The van der Waals surface area contributed by atoms with Gasteiger partial charge in [0, 0.05) is 5.02 Å². The first-order valence-electron chi connectivity index (χ1n) is 7.45. The molecule has 0 atom stereocenters. The molecule has 0 unspecified atom stereocenters. The molecule has 2 nitrogen and oxygen atoms in total. The molecule has 20 heavy (non-hydrogen) atoms. The van der Waals surface area contributed by atoms with E-state index in [1.165, 1.54) is 38.9 Å². The minimum absolute atomic E-state index is 0.726. The molecule has 0 N–H and O–H groups in total. The highest BCUT2D eigenvalue weighted by Gasteiger charge is 2.14. The van der Waals surface area contributed by atoms with E-state index in [2.05, 4.69) is 27.8 Å². The Bertz CT molecular complexity index is 419. The summed E-state index contributed by atoms with van der Waals surface area (Å²) >= 11 is 9.37. The highest BCUT2D eigenvalue weighted by atomic mass is 79.9. The van der Waals surface area contributed by atoms with Crippen molar-refractivity contribution in [1.82, 2.24) is 4.90 Å². The number of likely N-dealkylation sites (tertiary alicyclic amines) is 1. The fourth-order valence-corrected chi connectivity index (χ4v) is 3.29. The lowest BCUT2D eigenvalue weighted by atomic mass is 9.99. The van der Waals surface area contributed by atoms with Crippen LogP contribution in [0.5, 0.6) is 5.75 Å². The van der Waals surface area contributed by atoms with Crippen molar-refractivity contribution in [2.45, 2.75) is 32.6 Å². The molecule has 0 saturated carbocycles. The lowest BCUT2D eigenvalue weighted by Gasteiger charge is -2.30. The van der Waals surface area contributed by atoms with Crippen LogP contribution in [0.1, 0.15) is 32.6 Å². The van der Waals surface area contributed by atoms with Crippen LogP contribution in [0, 0.1) is 5.92 Å². The van der Waals surface area contributed by atoms with E-state index < -0.39 is 0 Å². The molecular formula is C16H23BrClNO. The smallest absolute Gasteiger partial charge is 0.133 e. The van der Waals surface area contributed by atoms with E-state index in [-0.39, 0.29) is 0 Å². The molecule has 0 aromatic heterocycles. The molecule has 112 valence electrons. The Balaban J connectivity index is 1.59. The maximum atomic E-state index is 5.91. The Kier molecular flexibility index (Phi) is 6.66. The van der Waals surface area contributed by atoms with Crippen molar-refractivity contribution >= 4 is 27.5 Å². The van der Waals surface area contributed by atoms with Crippen LogP contribution >= 0.6 is 27.5 Å². The minimum Gasteiger partial charge on any atom is -0.492 e. The number of benzene rings is 1. The van der Waals surface area contributed by atoms with Crippen molar-refractivity contribution < 1.29 is 4.74 Å². The molecule has 1 aliphatic rings. The summed E-state index contributed by atoms with van der Waals surface area (Å²) in [7, 11) is 0. The Hall–Kier alpha value is -0.250. The van der Waals surface area contributed by atoms with Gasteiger partial charge in [0.1, 0.15) is 5.75 Å². The summed E-state index contributed by atoms with van der Waals surface area (Å²) in [5, 5.41) is 0.726. The molecule has 1 aromatic rings. The largest absolute Gasteiger partial charge is 0.492 e. The molecule has 1 heterocycles. The highest BCUT2D eigenvalue weighted by molar-refractivity contribution is 9.10. The number of hydrogen-bond donors (Lipinski definition) is 0. The van der Waals surface area contributed by atoms with Crippen molar-refractivity contribution in [2.24, 2.45) is 5.92 Å². The summed E-state index contributed by atoms with van der Waals surface area (Å²) in [6, 6.07) is 5.64. The molecule has 1 saturated heterocycles. The first-order valence-corrected chi connectivity index (χ1v) is 8.62. The molecule has 4 heteroatoms. The number of rotatable bonds is 6. The topological polar surface area (TPSA) is 12.5 Å². The second-order valence-corrected chi connectivity index (χ2v) is 6.95. The zero-order chi connectivity index (χ0) is 14.4. The van der Waals surface area contributed by atoms with E-state index in [0.717, 1.165) is 34.2 Å². The van der Waals surface area contributed by atoms with Crippen LogP contribution < -0.4 is 4.74 Å². The van der Waals surface area contributed by atoms with Crippen LogP contribution in [0.25, 0.3) is 0 Å². The van der Waals surface area contributed by atoms with Gasteiger partial charge in [-0.15, -0.1) is 0 Å². The van der Waals surface area contributed by atoms with Crippen molar-refractivity contribution in [3.63, 3.8) is 0 Å². The van der Waals surface area contributed by atoms with Crippen LogP contribution in [0.4, 0.5) is 0 Å². The Morgan fingerprint density at radius 1 is 1.30 bits per heavy atom. The van der Waals surface area contributed by atoms with Gasteiger partial charge in [-0.1, -0.05) is 18.5 Å². The molecule has 1 fully saturated rings. The molecule has 0 aliphatic carbocycles. The molecule has 0 bridgehead atoms. The number of piperidine rings is 1. The molecule has 2 rings (SSSR count). The van der Waals surface area contributed by atoms with Gasteiger partial charge in [-0.3, -0.25) is 0 Å². The lowest BCUT2D eigenvalue weighted by Crippen LogP contribution is -2.33. The van der Waals surface area contributed by atoms with Gasteiger partial charge < -0.3 is 9.64 Å². The van der Waals surface area contributed by atoms with E-state index in [0.29, 0.717) is 0 Å². The second-order valence-electron chi connectivity index (χ2n) is 5.65. The van der Waals surface area contributed by atoms with Crippen LogP contribution in [0.3, 0.4) is 0 Å². The predicted molar refractivity (Wildman–Crippen MR) is 88.7 cm³/mol. The van der Waals surface area contributed by atoms with Crippen LogP contribution in [-0.4, -0.2) is 31.1 Å². The quantitative estimate of drug-likeness (QED) is 0.662. The van der Waals surface area contributed by atoms with E-state index in [9.17, 15) is 0 Å². The first kappa shape index (κ1) is 16.1. The number of ether oxygens (including phenoxy) is 1. The lowest BCUT2D eigenvalue weighted by molar-refractivity contribution is 0.184. The summed E-state index contributed by atoms with van der Waals surface area (Å²) in [6.45, 7) is 6.87. The van der Waals surface area contributed by atoms with E-state index in [1.54, 1.807) is 0 Å². The minimum atomic E-state index is 0.726. The molecule has 1 aliphatic heterocycles. The average molecular weight is 361 g/mol. The fourth-order valence-electron chi connectivity index (χ4n) is 2.50. The predicted octanol–water partition coefficient (Wildman–Crippen LogP) is 4.99. The van der Waals surface area contributed by atoms with Gasteiger partial charge in [0.05, 0.1) is 11.1 Å². The molecule has 1 aromatic carbocycles. The molecular weight excluding hydrogens is 338 g/mol. The highest BCUT2D eigenvalue weighted by Crippen LogP contribution is 2.28. The maximum absolute atomic E-state index is 5.91. The fraction of sp³-hybridized carbons (Fsp3) is 0.625. The van der Waals surface area contributed by atoms with Crippen molar-refractivity contribution in [3.05, 3.63) is 27.7 Å². The Morgan fingerprint density at radius 2 is 2.05 bits per heavy atom. The number of hydrogen-bond acceptors (Lipinski definition) is 2. The van der Waals surface area contributed by atoms with E-state index >= 15 is 0 Å². The van der Waals surface area contributed by atoms with E-state index in [1.807, 2.05) is 18.2 Å². The maximum Gasteiger partial charge on any atom is 0.133 e. The molecule has 0 spiro atoms. The van der Waals surface area contributed by atoms with Gasteiger partial charge in [0.15, 0.2) is 0 Å². The average Bonchev–Trinajstić information content (AvgIpc) is 2.42. The normalized spacial score (nSPS) is 17.4. The third kappa shape index (κ3) is 5.27. The number of nitrogens with zero attached hydrogens (tertiary/aromatic N) is 1. The zero-order valence-corrected chi connectivity index (χ0v) is 14.4.